The summed E-state index contributed by atoms with van der Waals surface area (Å²) in [6.45, 7) is 3.59. The summed E-state index contributed by atoms with van der Waals surface area (Å²) < 4.78 is 5.41. The maximum Gasteiger partial charge on any atom is 0.322 e. The number of anilines is 1. The second-order valence-corrected chi connectivity index (χ2v) is 5.11. The molecule has 0 aromatic heterocycles. The Morgan fingerprint density at radius 1 is 1.43 bits per heavy atom. The highest BCUT2D eigenvalue weighted by molar-refractivity contribution is 5.90. The summed E-state index contributed by atoms with van der Waals surface area (Å²) in [6.07, 6.45) is 0.471. The Morgan fingerprint density at radius 2 is 2.19 bits per heavy atom. The van der Waals surface area contributed by atoms with Gasteiger partial charge < -0.3 is 20.1 Å². The van der Waals surface area contributed by atoms with Crippen LogP contribution in [0.5, 0.6) is 0 Å². The van der Waals surface area contributed by atoms with Crippen molar-refractivity contribution in [2.24, 2.45) is 0 Å². The van der Waals surface area contributed by atoms with Crippen LogP contribution in [-0.2, 0) is 16.0 Å². The molecule has 0 spiro atoms. The fourth-order valence-electron chi connectivity index (χ4n) is 2.30. The van der Waals surface area contributed by atoms with Crippen LogP contribution in [0.3, 0.4) is 0 Å². The molecule has 2 amide bonds. The highest BCUT2D eigenvalue weighted by Crippen LogP contribution is 2.18. The summed E-state index contributed by atoms with van der Waals surface area (Å²) in [5, 5.41) is 11.6. The van der Waals surface area contributed by atoms with E-state index in [9.17, 15) is 9.59 Å². The van der Waals surface area contributed by atoms with Crippen LogP contribution >= 0.6 is 0 Å². The number of hydrogen-bond acceptors (Lipinski definition) is 3. The van der Waals surface area contributed by atoms with Gasteiger partial charge in [-0.05, 0) is 25.0 Å². The zero-order chi connectivity index (χ0) is 15.2. The van der Waals surface area contributed by atoms with Gasteiger partial charge in [0.25, 0.3) is 0 Å². The van der Waals surface area contributed by atoms with E-state index in [1.165, 1.54) is 0 Å². The molecule has 1 atom stereocenters. The van der Waals surface area contributed by atoms with Gasteiger partial charge >= 0.3 is 12.0 Å². The molecule has 0 radical (unpaired) electrons. The molecule has 0 saturated carbocycles. The number of carboxylic acid groups (broad SMARTS) is 1. The summed E-state index contributed by atoms with van der Waals surface area (Å²) >= 11 is 0. The number of ether oxygens (including phenoxy) is 1. The predicted octanol–water partition coefficient (Wildman–Crippen LogP) is 1.96. The summed E-state index contributed by atoms with van der Waals surface area (Å²) in [4.78, 5) is 24.6. The molecule has 1 aliphatic heterocycles. The predicted molar refractivity (Wildman–Crippen MR) is 78.4 cm³/mol. The first kappa shape index (κ1) is 15.3. The second kappa shape index (κ2) is 7.08. The number of morpholine rings is 1. The first-order valence-corrected chi connectivity index (χ1v) is 7.03. The van der Waals surface area contributed by atoms with Gasteiger partial charge in [-0.2, -0.15) is 0 Å². The number of carboxylic acids is 1. The first-order valence-electron chi connectivity index (χ1n) is 7.03. The highest BCUT2D eigenvalue weighted by Gasteiger charge is 2.21. The molecule has 1 aromatic rings. The van der Waals surface area contributed by atoms with Crippen molar-refractivity contribution in [1.29, 1.82) is 0 Å². The van der Waals surface area contributed by atoms with Gasteiger partial charge in [0.2, 0.25) is 0 Å². The number of rotatable bonds is 4. The maximum atomic E-state index is 12.2. The van der Waals surface area contributed by atoms with Gasteiger partial charge in [0.05, 0.1) is 12.7 Å². The Bertz CT molecular complexity index is 518. The molecule has 0 bridgehead atoms. The molecule has 1 fully saturated rings. The zero-order valence-corrected chi connectivity index (χ0v) is 12.0. The molecule has 2 rings (SSSR count). The lowest BCUT2D eigenvalue weighted by molar-refractivity contribution is -0.136. The van der Waals surface area contributed by atoms with E-state index >= 15 is 0 Å². The number of amides is 2. The van der Waals surface area contributed by atoms with Crippen LogP contribution in [-0.4, -0.2) is 47.8 Å². The molecule has 6 nitrogen and oxygen atoms in total. The van der Waals surface area contributed by atoms with Gasteiger partial charge in [0.1, 0.15) is 0 Å². The molecule has 1 aliphatic rings. The lowest BCUT2D eigenvalue weighted by atomic mass is 10.1. The van der Waals surface area contributed by atoms with Crippen molar-refractivity contribution in [2.45, 2.75) is 25.9 Å². The Hall–Kier alpha value is -2.08. The Morgan fingerprint density at radius 3 is 2.90 bits per heavy atom. The van der Waals surface area contributed by atoms with Gasteiger partial charge in [0, 0.05) is 25.2 Å². The molecule has 1 heterocycles. The fourth-order valence-corrected chi connectivity index (χ4v) is 2.30. The van der Waals surface area contributed by atoms with Gasteiger partial charge in [0.15, 0.2) is 0 Å². The van der Waals surface area contributed by atoms with E-state index in [1.807, 2.05) is 25.1 Å². The number of benzene rings is 1. The lowest BCUT2D eigenvalue weighted by Gasteiger charge is -2.31. The molecular formula is C15H20N2O4. The van der Waals surface area contributed by atoms with Crippen LogP contribution < -0.4 is 5.32 Å². The van der Waals surface area contributed by atoms with Crippen molar-refractivity contribution in [1.82, 2.24) is 4.90 Å². The van der Waals surface area contributed by atoms with Crippen molar-refractivity contribution < 1.29 is 19.4 Å². The number of hydrogen-bond donors (Lipinski definition) is 2. The molecule has 2 N–H and O–H groups in total. The topological polar surface area (TPSA) is 78.9 Å². The van der Waals surface area contributed by atoms with Crippen molar-refractivity contribution in [2.75, 3.05) is 25.0 Å². The van der Waals surface area contributed by atoms with Gasteiger partial charge in [-0.15, -0.1) is 0 Å². The van der Waals surface area contributed by atoms with Crippen LogP contribution in [0.1, 0.15) is 18.9 Å². The van der Waals surface area contributed by atoms with E-state index in [2.05, 4.69) is 5.32 Å². The van der Waals surface area contributed by atoms with Gasteiger partial charge in [-0.1, -0.05) is 18.2 Å². The number of nitrogens with one attached hydrogen (secondary N) is 1. The molecule has 21 heavy (non-hydrogen) atoms. The number of aryl methyl sites for hydroxylation is 1. The van der Waals surface area contributed by atoms with Crippen LogP contribution in [0.15, 0.2) is 24.3 Å². The fraction of sp³-hybridized carbons (Fsp3) is 0.467. The quantitative estimate of drug-likeness (QED) is 0.889. The van der Waals surface area contributed by atoms with E-state index < -0.39 is 5.97 Å². The maximum absolute atomic E-state index is 12.2. The van der Waals surface area contributed by atoms with Gasteiger partial charge in [-0.25, -0.2) is 4.79 Å². The van der Waals surface area contributed by atoms with Crippen LogP contribution in [0, 0.1) is 0 Å². The number of aliphatic carboxylic acids is 1. The monoisotopic (exact) mass is 292 g/mol. The van der Waals surface area contributed by atoms with E-state index in [4.69, 9.17) is 9.84 Å². The largest absolute Gasteiger partial charge is 0.481 e. The van der Waals surface area contributed by atoms with E-state index in [-0.39, 0.29) is 18.6 Å². The standard InChI is InChI=1S/C15H20N2O4/c1-11-10-17(8-9-21-11)15(20)16-13-5-3-2-4-12(13)6-7-14(18)19/h2-5,11H,6-10H2,1H3,(H,16,20)(H,18,19). The summed E-state index contributed by atoms with van der Waals surface area (Å²) in [7, 11) is 0. The summed E-state index contributed by atoms with van der Waals surface area (Å²) in [5.41, 5.74) is 1.50. The minimum Gasteiger partial charge on any atom is -0.481 e. The third-order valence-electron chi connectivity index (χ3n) is 3.40. The molecule has 0 aliphatic carbocycles. The van der Waals surface area contributed by atoms with E-state index in [0.717, 1.165) is 5.56 Å². The Balaban J connectivity index is 2.01. The number of carbonyl (C=O) groups excluding carboxylic acids is 1. The number of nitrogens with zero attached hydrogens (tertiary/aromatic N) is 1. The number of urea groups is 1. The van der Waals surface area contributed by atoms with E-state index in [0.29, 0.717) is 31.8 Å². The van der Waals surface area contributed by atoms with E-state index in [1.54, 1.807) is 11.0 Å². The van der Waals surface area contributed by atoms with Crippen LogP contribution in [0.25, 0.3) is 0 Å². The second-order valence-electron chi connectivity index (χ2n) is 5.11. The summed E-state index contributed by atoms with van der Waals surface area (Å²) in [6, 6.07) is 7.11. The summed E-state index contributed by atoms with van der Waals surface area (Å²) in [5.74, 6) is -0.849. The zero-order valence-electron chi connectivity index (χ0n) is 12.0. The van der Waals surface area contributed by atoms with Gasteiger partial charge in [-0.3, -0.25) is 4.79 Å². The number of carbonyl (C=O) groups is 2. The van der Waals surface area contributed by atoms with Crippen molar-refractivity contribution in [3.8, 4) is 0 Å². The molecular weight excluding hydrogens is 272 g/mol. The van der Waals surface area contributed by atoms with Crippen molar-refractivity contribution in [3.63, 3.8) is 0 Å². The first-order chi connectivity index (χ1) is 10.1. The molecule has 1 unspecified atom stereocenters. The van der Waals surface area contributed by atoms with Crippen molar-refractivity contribution in [3.05, 3.63) is 29.8 Å². The smallest absolute Gasteiger partial charge is 0.322 e. The minimum absolute atomic E-state index is 0.0340. The molecule has 1 saturated heterocycles. The van der Waals surface area contributed by atoms with Crippen LogP contribution in [0.4, 0.5) is 10.5 Å². The average Bonchev–Trinajstić information content (AvgIpc) is 2.46. The average molecular weight is 292 g/mol. The number of para-hydroxylation sites is 1. The Labute approximate surface area is 123 Å². The SMILES string of the molecule is CC1CN(C(=O)Nc2ccccc2CCC(=O)O)CCO1. The normalized spacial score (nSPS) is 18.3. The Kier molecular flexibility index (Phi) is 5.16. The molecule has 1 aromatic carbocycles. The molecule has 6 heteroatoms. The lowest BCUT2D eigenvalue weighted by Crippen LogP contribution is -2.46. The van der Waals surface area contributed by atoms with Crippen molar-refractivity contribution >= 4 is 17.7 Å². The highest BCUT2D eigenvalue weighted by atomic mass is 16.5. The third-order valence-corrected chi connectivity index (χ3v) is 3.40. The molecule has 114 valence electrons. The minimum atomic E-state index is -0.849. The van der Waals surface area contributed by atoms with Crippen LogP contribution in [0.2, 0.25) is 0 Å². The third kappa shape index (κ3) is 4.46.